The summed E-state index contributed by atoms with van der Waals surface area (Å²) >= 11 is 1.73. The zero-order valence-electron chi connectivity index (χ0n) is 12.7. The quantitative estimate of drug-likeness (QED) is 0.487. The molecule has 0 radical (unpaired) electrons. The number of benzene rings is 2. The predicted molar refractivity (Wildman–Crippen MR) is 91.5 cm³/mol. The van der Waals surface area contributed by atoms with Crippen LogP contribution in [0.2, 0.25) is 0 Å². The van der Waals surface area contributed by atoms with Gasteiger partial charge in [-0.2, -0.15) is 0 Å². The molecule has 0 saturated carbocycles. The highest BCUT2D eigenvalue weighted by atomic mass is 32.2. The lowest BCUT2D eigenvalue weighted by atomic mass is 10.0. The van der Waals surface area contributed by atoms with Gasteiger partial charge in [0.15, 0.2) is 0 Å². The molecule has 4 nitrogen and oxygen atoms in total. The Morgan fingerprint density at radius 1 is 0.957 bits per heavy atom. The van der Waals surface area contributed by atoms with Crippen LogP contribution in [-0.2, 0) is 0 Å². The van der Waals surface area contributed by atoms with Gasteiger partial charge in [0.1, 0.15) is 5.58 Å². The molecule has 2 heterocycles. The molecule has 0 saturated heterocycles. The third kappa shape index (κ3) is 2.53. The first-order valence-electron chi connectivity index (χ1n) is 7.21. The SMILES string of the molecule is Cc1nnc(-c2ccc3occ(-c4ccc(S[11CH3])cc4)c3c2)o1. The molecule has 2 aromatic carbocycles. The van der Waals surface area contributed by atoms with Crippen LogP contribution in [0.4, 0.5) is 0 Å². The van der Waals surface area contributed by atoms with Gasteiger partial charge in [-0.1, -0.05) is 12.1 Å². The summed E-state index contributed by atoms with van der Waals surface area (Å²) in [5.41, 5.74) is 3.92. The van der Waals surface area contributed by atoms with Crippen molar-refractivity contribution in [1.29, 1.82) is 0 Å². The average molecular weight is 321 g/mol. The highest BCUT2D eigenvalue weighted by Crippen LogP contribution is 2.34. The van der Waals surface area contributed by atoms with Gasteiger partial charge in [-0.25, -0.2) is 0 Å². The maximum Gasteiger partial charge on any atom is 0.247 e. The Balaban J connectivity index is 1.83. The summed E-state index contributed by atoms with van der Waals surface area (Å²) in [6.45, 7) is 1.78. The number of furan rings is 1. The Morgan fingerprint density at radius 2 is 1.74 bits per heavy atom. The molecule has 0 bridgehead atoms. The molecule has 0 unspecified atom stereocenters. The highest BCUT2D eigenvalue weighted by Gasteiger charge is 2.12. The zero-order chi connectivity index (χ0) is 15.8. The van der Waals surface area contributed by atoms with Crippen molar-refractivity contribution >= 4 is 22.7 Å². The number of hydrogen-bond donors (Lipinski definition) is 0. The lowest BCUT2D eigenvalue weighted by Crippen LogP contribution is -1.80. The molecule has 0 atom stereocenters. The van der Waals surface area contributed by atoms with E-state index in [9.17, 15) is 0 Å². The molecule has 23 heavy (non-hydrogen) atoms. The minimum atomic E-state index is 0.522. The van der Waals surface area contributed by atoms with Gasteiger partial charge in [0.2, 0.25) is 11.8 Å². The maximum atomic E-state index is 5.68. The second-order valence-corrected chi connectivity index (χ2v) is 6.09. The largest absolute Gasteiger partial charge is 0.464 e. The van der Waals surface area contributed by atoms with Gasteiger partial charge >= 0.3 is 0 Å². The molecule has 4 rings (SSSR count). The molecular formula is C18H14N2O2S. The van der Waals surface area contributed by atoms with E-state index < -0.39 is 0 Å². The second kappa shape index (κ2) is 5.59. The fraction of sp³-hybridized carbons (Fsp3) is 0.111. The van der Waals surface area contributed by atoms with Crippen molar-refractivity contribution in [1.82, 2.24) is 10.2 Å². The van der Waals surface area contributed by atoms with Crippen LogP contribution < -0.4 is 0 Å². The topological polar surface area (TPSA) is 52.1 Å². The number of thioether (sulfide) groups is 1. The Hall–Kier alpha value is -2.53. The van der Waals surface area contributed by atoms with E-state index in [1.54, 1.807) is 24.9 Å². The molecule has 5 heteroatoms. The number of nitrogens with zero attached hydrogens (tertiary/aromatic N) is 2. The first kappa shape index (κ1) is 14.1. The van der Waals surface area contributed by atoms with Crippen molar-refractivity contribution in [3.8, 4) is 22.6 Å². The minimum absolute atomic E-state index is 0.522. The normalized spacial score (nSPS) is 11.2. The van der Waals surface area contributed by atoms with Crippen LogP contribution in [0.3, 0.4) is 0 Å². The summed E-state index contributed by atoms with van der Waals surface area (Å²) in [7, 11) is 0. The van der Waals surface area contributed by atoms with Crippen LogP contribution in [-0.4, -0.2) is 16.5 Å². The van der Waals surface area contributed by atoms with Crippen molar-refractivity contribution in [3.63, 3.8) is 0 Å². The van der Waals surface area contributed by atoms with Gasteiger partial charge in [0, 0.05) is 28.3 Å². The van der Waals surface area contributed by atoms with Crippen LogP contribution in [0, 0.1) is 6.92 Å². The third-order valence-electron chi connectivity index (χ3n) is 3.75. The monoisotopic (exact) mass is 321 g/mol. The molecule has 114 valence electrons. The number of aromatic nitrogens is 2. The number of aryl methyl sites for hydroxylation is 1. The summed E-state index contributed by atoms with van der Waals surface area (Å²) < 4.78 is 11.2. The first-order valence-corrected chi connectivity index (χ1v) is 8.43. The molecule has 0 aliphatic rings. The van der Waals surface area contributed by atoms with Gasteiger partial charge in [-0.05, 0) is 42.2 Å². The third-order valence-corrected chi connectivity index (χ3v) is 4.49. The van der Waals surface area contributed by atoms with Crippen LogP contribution in [0.5, 0.6) is 0 Å². The molecule has 0 amide bonds. The van der Waals surface area contributed by atoms with Crippen molar-refractivity contribution in [2.24, 2.45) is 0 Å². The first-order chi connectivity index (χ1) is 11.2. The summed E-state index contributed by atoms with van der Waals surface area (Å²) in [6.07, 6.45) is 3.86. The second-order valence-electron chi connectivity index (χ2n) is 5.22. The Kier molecular flexibility index (Phi) is 3.42. The Morgan fingerprint density at radius 3 is 2.43 bits per heavy atom. The lowest BCUT2D eigenvalue weighted by molar-refractivity contribution is 0.533. The van der Waals surface area contributed by atoms with E-state index >= 15 is 0 Å². The number of hydrogen-bond acceptors (Lipinski definition) is 5. The van der Waals surface area contributed by atoms with Crippen molar-refractivity contribution in [3.05, 3.63) is 54.6 Å². The average Bonchev–Trinajstić information content (AvgIpc) is 3.20. The van der Waals surface area contributed by atoms with Crippen LogP contribution >= 0.6 is 11.8 Å². The predicted octanol–water partition coefficient (Wildman–Crippen LogP) is 5.18. The van der Waals surface area contributed by atoms with Gasteiger partial charge in [0.25, 0.3) is 0 Å². The van der Waals surface area contributed by atoms with Crippen molar-refractivity contribution in [2.75, 3.05) is 6.26 Å². The van der Waals surface area contributed by atoms with Crippen LogP contribution in [0.25, 0.3) is 33.6 Å². The van der Waals surface area contributed by atoms with E-state index in [1.165, 1.54) is 4.90 Å². The summed E-state index contributed by atoms with van der Waals surface area (Å²) in [5.74, 6) is 1.08. The van der Waals surface area contributed by atoms with Gasteiger partial charge in [-0.3, -0.25) is 0 Å². The summed E-state index contributed by atoms with van der Waals surface area (Å²) in [6, 6.07) is 14.3. The van der Waals surface area contributed by atoms with E-state index in [2.05, 4.69) is 40.7 Å². The lowest BCUT2D eigenvalue weighted by Gasteiger charge is -2.01. The zero-order valence-corrected chi connectivity index (χ0v) is 13.6. The van der Waals surface area contributed by atoms with Gasteiger partial charge < -0.3 is 8.83 Å². The van der Waals surface area contributed by atoms with E-state index in [0.29, 0.717) is 11.8 Å². The fourth-order valence-corrected chi connectivity index (χ4v) is 2.98. The highest BCUT2D eigenvalue weighted by molar-refractivity contribution is 7.98. The van der Waals surface area contributed by atoms with Crippen molar-refractivity contribution in [2.45, 2.75) is 11.8 Å². The maximum absolute atomic E-state index is 5.68. The molecule has 4 aromatic rings. The summed E-state index contributed by atoms with van der Waals surface area (Å²) in [4.78, 5) is 1.24. The fourth-order valence-electron chi connectivity index (χ4n) is 2.57. The van der Waals surface area contributed by atoms with E-state index in [-0.39, 0.29) is 0 Å². The van der Waals surface area contributed by atoms with Crippen molar-refractivity contribution < 1.29 is 8.83 Å². The molecule has 0 N–H and O–H groups in total. The standard InChI is InChI=1S/C18H14N2O2S/c1-11-19-20-18(22-11)13-5-8-17-15(9-13)16(10-21-17)12-3-6-14(23-2)7-4-12/h3-10H,1-2H3/i2-1. The minimum Gasteiger partial charge on any atom is -0.464 e. The van der Waals surface area contributed by atoms with Gasteiger partial charge in [-0.15, -0.1) is 22.0 Å². The molecular weight excluding hydrogens is 307 g/mol. The van der Waals surface area contributed by atoms with Crippen LogP contribution in [0.1, 0.15) is 5.89 Å². The summed E-state index contributed by atoms with van der Waals surface area (Å²) in [5, 5.41) is 9.01. The van der Waals surface area contributed by atoms with Gasteiger partial charge in [0.05, 0.1) is 6.26 Å². The molecule has 0 spiro atoms. The Labute approximate surface area is 137 Å². The van der Waals surface area contributed by atoms with Crippen LogP contribution in [0.15, 0.2) is 62.5 Å². The molecule has 0 aliphatic carbocycles. The molecule has 0 aliphatic heterocycles. The molecule has 2 aromatic heterocycles. The van der Waals surface area contributed by atoms with E-state index in [0.717, 1.165) is 27.7 Å². The number of fused-ring (bicyclic) bond motifs is 1. The number of rotatable bonds is 3. The van der Waals surface area contributed by atoms with E-state index in [1.807, 2.05) is 18.2 Å². The molecule has 0 fully saturated rings. The Bertz CT molecular complexity index is 970. The van der Waals surface area contributed by atoms with E-state index in [4.69, 9.17) is 8.83 Å². The smallest absolute Gasteiger partial charge is 0.247 e.